The van der Waals surface area contributed by atoms with Gasteiger partial charge in [0.2, 0.25) is 0 Å². The van der Waals surface area contributed by atoms with E-state index < -0.39 is 29.1 Å². The van der Waals surface area contributed by atoms with Crippen molar-refractivity contribution in [3.63, 3.8) is 0 Å². The quantitative estimate of drug-likeness (QED) is 0.742. The Morgan fingerprint density at radius 2 is 1.96 bits per heavy atom. The van der Waals surface area contributed by atoms with Gasteiger partial charge in [-0.25, -0.2) is 13.2 Å². The molecule has 0 aromatic heterocycles. The van der Waals surface area contributed by atoms with Gasteiger partial charge in [-0.3, -0.25) is 0 Å². The maximum absolute atomic E-state index is 14.0. The second-order valence-electron chi connectivity index (χ2n) is 7.07. The van der Waals surface area contributed by atoms with Crippen LogP contribution in [0.2, 0.25) is 0 Å². The molecule has 0 saturated carbocycles. The van der Waals surface area contributed by atoms with Crippen LogP contribution in [0.3, 0.4) is 0 Å². The lowest BCUT2D eigenvalue weighted by molar-refractivity contribution is 0.0296. The van der Waals surface area contributed by atoms with Crippen LogP contribution in [-0.4, -0.2) is 24.3 Å². The molecule has 3 unspecified atom stereocenters. The average molecular weight is 379 g/mol. The zero-order valence-corrected chi connectivity index (χ0v) is 15.4. The van der Waals surface area contributed by atoms with Crippen LogP contribution in [0.1, 0.15) is 47.8 Å². The fourth-order valence-corrected chi connectivity index (χ4v) is 3.45. The Kier molecular flexibility index (Phi) is 6.19. The molecule has 1 aliphatic heterocycles. The Morgan fingerprint density at radius 1 is 1.22 bits per heavy atom. The third-order valence-electron chi connectivity index (χ3n) is 5.09. The first kappa shape index (κ1) is 19.9. The predicted molar refractivity (Wildman–Crippen MR) is 96.9 cm³/mol. The molecule has 3 atom stereocenters. The minimum Gasteiger partial charge on any atom is -0.387 e. The highest BCUT2D eigenvalue weighted by Crippen LogP contribution is 2.30. The summed E-state index contributed by atoms with van der Waals surface area (Å²) in [6.07, 6.45) is 0.150. The number of fused-ring (bicyclic) bond motifs is 1. The minimum absolute atomic E-state index is 0.0194. The first-order valence-corrected chi connectivity index (χ1v) is 9.13. The lowest BCUT2D eigenvalue weighted by Crippen LogP contribution is -2.33. The lowest BCUT2D eigenvalue weighted by atomic mass is 9.94. The maximum Gasteiger partial charge on any atom is 0.165 e. The molecule has 0 bridgehead atoms. The summed E-state index contributed by atoms with van der Waals surface area (Å²) in [7, 11) is 0. The van der Waals surface area contributed by atoms with Gasteiger partial charge in [-0.1, -0.05) is 24.3 Å². The van der Waals surface area contributed by atoms with E-state index in [0.29, 0.717) is 13.0 Å². The highest BCUT2D eigenvalue weighted by molar-refractivity contribution is 5.31. The van der Waals surface area contributed by atoms with Gasteiger partial charge in [-0.15, -0.1) is 0 Å². The zero-order chi connectivity index (χ0) is 19.6. The monoisotopic (exact) mass is 379 g/mol. The number of halogens is 3. The van der Waals surface area contributed by atoms with E-state index in [1.54, 1.807) is 0 Å². The number of rotatable bonds is 6. The van der Waals surface area contributed by atoms with Crippen molar-refractivity contribution in [2.75, 3.05) is 13.2 Å². The van der Waals surface area contributed by atoms with Gasteiger partial charge in [-0.05, 0) is 43.9 Å². The number of hydrogen-bond donors (Lipinski definition) is 2. The van der Waals surface area contributed by atoms with E-state index in [1.165, 1.54) is 5.56 Å². The Bertz CT molecular complexity index is 812. The minimum atomic E-state index is -1.35. The number of aliphatic hydroxyl groups is 1. The van der Waals surface area contributed by atoms with Crippen LogP contribution in [-0.2, 0) is 11.2 Å². The highest BCUT2D eigenvalue weighted by atomic mass is 19.2. The third kappa shape index (κ3) is 4.34. The number of aliphatic hydroxyl groups excluding tert-OH is 1. The Morgan fingerprint density at radius 3 is 2.74 bits per heavy atom. The Hall–Kier alpha value is -1.89. The van der Waals surface area contributed by atoms with E-state index >= 15 is 0 Å². The van der Waals surface area contributed by atoms with Crippen molar-refractivity contribution in [3.8, 4) is 0 Å². The fourth-order valence-electron chi connectivity index (χ4n) is 3.45. The van der Waals surface area contributed by atoms with Gasteiger partial charge >= 0.3 is 0 Å². The molecule has 1 heterocycles. The van der Waals surface area contributed by atoms with Crippen molar-refractivity contribution in [1.29, 1.82) is 0 Å². The molecule has 146 valence electrons. The van der Waals surface area contributed by atoms with E-state index in [1.807, 2.05) is 25.1 Å². The Labute approximate surface area is 157 Å². The van der Waals surface area contributed by atoms with Crippen molar-refractivity contribution in [2.24, 2.45) is 0 Å². The number of nitrogens with one attached hydrogen (secondary N) is 1. The smallest absolute Gasteiger partial charge is 0.165 e. The van der Waals surface area contributed by atoms with Crippen LogP contribution in [0.5, 0.6) is 0 Å². The van der Waals surface area contributed by atoms with Crippen molar-refractivity contribution in [1.82, 2.24) is 5.32 Å². The molecule has 0 fully saturated rings. The molecule has 27 heavy (non-hydrogen) atoms. The van der Waals surface area contributed by atoms with Crippen molar-refractivity contribution in [2.45, 2.75) is 44.9 Å². The first-order valence-electron chi connectivity index (χ1n) is 9.13. The van der Waals surface area contributed by atoms with Gasteiger partial charge in [0.25, 0.3) is 0 Å². The molecule has 1 aliphatic rings. The van der Waals surface area contributed by atoms with Gasteiger partial charge in [0, 0.05) is 23.7 Å². The van der Waals surface area contributed by atoms with E-state index in [2.05, 4.69) is 11.4 Å². The average Bonchev–Trinajstić information content (AvgIpc) is 2.67. The maximum atomic E-state index is 14.0. The molecule has 0 amide bonds. The summed E-state index contributed by atoms with van der Waals surface area (Å²) < 4.78 is 47.2. The molecule has 0 spiro atoms. The van der Waals surface area contributed by atoms with E-state index in [0.717, 1.165) is 25.0 Å². The fraction of sp³-hybridized carbons (Fsp3) is 0.429. The second kappa shape index (κ2) is 8.42. The van der Waals surface area contributed by atoms with Crippen LogP contribution in [0.25, 0.3) is 0 Å². The topological polar surface area (TPSA) is 41.5 Å². The van der Waals surface area contributed by atoms with Crippen LogP contribution in [0.4, 0.5) is 13.2 Å². The number of benzene rings is 2. The second-order valence-corrected chi connectivity index (χ2v) is 7.07. The van der Waals surface area contributed by atoms with Crippen LogP contribution in [0.15, 0.2) is 30.3 Å². The Balaban J connectivity index is 1.61. The molecule has 3 nitrogen and oxygen atoms in total. The number of hydrogen-bond acceptors (Lipinski definition) is 3. The highest BCUT2D eigenvalue weighted by Gasteiger charge is 2.24. The van der Waals surface area contributed by atoms with Gasteiger partial charge in [0.05, 0.1) is 18.8 Å². The summed E-state index contributed by atoms with van der Waals surface area (Å²) in [6, 6.07) is 8.94. The molecule has 2 aromatic carbocycles. The van der Waals surface area contributed by atoms with Gasteiger partial charge in [0.15, 0.2) is 11.6 Å². The molecule has 2 aromatic rings. The van der Waals surface area contributed by atoms with E-state index in [9.17, 15) is 18.3 Å². The van der Waals surface area contributed by atoms with E-state index in [4.69, 9.17) is 4.74 Å². The summed E-state index contributed by atoms with van der Waals surface area (Å²) in [5.74, 6) is -3.34. The molecule has 0 aliphatic carbocycles. The molecular formula is C21H24F3NO2. The first-order chi connectivity index (χ1) is 12.9. The lowest BCUT2D eigenvalue weighted by Gasteiger charge is -2.29. The molecule has 6 heteroatoms. The SMILES string of the molecule is Cc1c(F)cc(C(O)CNC(C)CC2OCCc3ccccc32)c(F)c1F. The predicted octanol–water partition coefficient (Wildman–Crippen LogP) is 4.13. The van der Waals surface area contributed by atoms with Crippen LogP contribution in [0, 0.1) is 24.4 Å². The molecule has 2 N–H and O–H groups in total. The van der Waals surface area contributed by atoms with E-state index in [-0.39, 0.29) is 24.3 Å². The molecule has 0 radical (unpaired) electrons. The van der Waals surface area contributed by atoms with Crippen LogP contribution < -0.4 is 5.32 Å². The van der Waals surface area contributed by atoms with Crippen molar-refractivity contribution < 1.29 is 23.0 Å². The van der Waals surface area contributed by atoms with Crippen molar-refractivity contribution in [3.05, 3.63) is 70.0 Å². The molecule has 0 saturated heterocycles. The van der Waals surface area contributed by atoms with Crippen molar-refractivity contribution >= 4 is 0 Å². The summed E-state index contributed by atoms with van der Waals surface area (Å²) in [6.45, 7) is 3.73. The molecule has 3 rings (SSSR count). The summed E-state index contributed by atoms with van der Waals surface area (Å²) in [4.78, 5) is 0. The molecular weight excluding hydrogens is 355 g/mol. The number of ether oxygens (including phenoxy) is 1. The normalized spacial score (nSPS) is 18.8. The van der Waals surface area contributed by atoms with Gasteiger partial charge in [0.1, 0.15) is 5.82 Å². The standard InChI is InChI=1S/C21H24F3NO2/c1-12(9-19-15-6-4-3-5-14(15)7-8-27-19)25-11-18(26)16-10-17(22)13(2)20(23)21(16)24/h3-6,10,12,18-19,25-26H,7-9,11H2,1-2H3. The third-order valence-corrected chi connectivity index (χ3v) is 5.09. The summed E-state index contributed by atoms with van der Waals surface area (Å²) in [5.41, 5.74) is 1.66. The zero-order valence-electron chi connectivity index (χ0n) is 15.4. The summed E-state index contributed by atoms with van der Waals surface area (Å²) in [5, 5.41) is 13.3. The van der Waals surface area contributed by atoms with Gasteiger partial charge in [-0.2, -0.15) is 0 Å². The van der Waals surface area contributed by atoms with Crippen LogP contribution >= 0.6 is 0 Å². The van der Waals surface area contributed by atoms with Gasteiger partial charge < -0.3 is 15.2 Å². The largest absolute Gasteiger partial charge is 0.387 e. The summed E-state index contributed by atoms with van der Waals surface area (Å²) >= 11 is 0.